The highest BCUT2D eigenvalue weighted by Crippen LogP contribution is 2.20. The molecule has 0 aliphatic rings. The molecule has 0 fully saturated rings. The van der Waals surface area contributed by atoms with Crippen LogP contribution in [0.3, 0.4) is 0 Å². The lowest BCUT2D eigenvalue weighted by Gasteiger charge is -2.21. The molecule has 0 saturated heterocycles. The molecular weight excluding hydrogens is 469 g/mol. The Bertz CT molecular complexity index is 1190. The smallest absolute Gasteiger partial charge is 0.257 e. The van der Waals surface area contributed by atoms with Gasteiger partial charge >= 0.3 is 0 Å². The molecule has 0 spiro atoms. The Morgan fingerprint density at radius 2 is 1.74 bits per heavy atom. The Hall–Kier alpha value is -3.73. The normalized spacial score (nSPS) is 10.6. The van der Waals surface area contributed by atoms with Crippen molar-refractivity contribution in [2.75, 3.05) is 23.7 Å². The summed E-state index contributed by atoms with van der Waals surface area (Å²) in [7, 11) is 0. The first-order chi connectivity index (χ1) is 16.3. The Kier molecular flexibility index (Phi) is 8.36. The van der Waals surface area contributed by atoms with Crippen molar-refractivity contribution in [3.63, 3.8) is 0 Å². The number of halogens is 3. The van der Waals surface area contributed by atoms with Gasteiger partial charge in [-0.25, -0.2) is 18.2 Å². The number of hydrogen-bond acceptors (Lipinski definition) is 5. The molecule has 0 aliphatic carbocycles. The summed E-state index contributed by atoms with van der Waals surface area (Å²) in [5.41, 5.74) is 0.352. The summed E-state index contributed by atoms with van der Waals surface area (Å²) in [4.78, 5) is 42.8. The molecule has 34 heavy (non-hydrogen) atoms. The fraction of sp³-hybridized carbons (Fsp3) is 0.217. The lowest BCUT2D eigenvalue weighted by atomic mass is 10.2. The first-order valence-electron chi connectivity index (χ1n) is 10.3. The minimum absolute atomic E-state index is 0.121. The number of benzene rings is 2. The van der Waals surface area contributed by atoms with Crippen LogP contribution in [0.2, 0.25) is 0 Å². The summed E-state index contributed by atoms with van der Waals surface area (Å²) in [5, 5.41) is 6.77. The van der Waals surface area contributed by atoms with E-state index in [4.69, 9.17) is 0 Å². The maximum absolute atomic E-state index is 13.8. The number of anilines is 2. The van der Waals surface area contributed by atoms with Crippen LogP contribution in [0.1, 0.15) is 29.4 Å². The highest BCUT2D eigenvalue weighted by atomic mass is 32.1. The third-order valence-electron chi connectivity index (χ3n) is 4.63. The zero-order valence-corrected chi connectivity index (χ0v) is 18.9. The summed E-state index contributed by atoms with van der Waals surface area (Å²) >= 11 is 1.16. The molecular formula is C23H21F3N4O3S. The number of hydrogen-bond donors (Lipinski definition) is 2. The molecule has 11 heteroatoms. The molecule has 0 aliphatic heterocycles. The van der Waals surface area contributed by atoms with Crippen LogP contribution in [0.25, 0.3) is 0 Å². The maximum Gasteiger partial charge on any atom is 0.257 e. The van der Waals surface area contributed by atoms with Gasteiger partial charge in [-0.15, -0.1) is 11.3 Å². The average molecular weight is 491 g/mol. The molecule has 7 nitrogen and oxygen atoms in total. The molecule has 2 aromatic carbocycles. The molecule has 0 radical (unpaired) electrons. The van der Waals surface area contributed by atoms with E-state index in [-0.39, 0.29) is 18.9 Å². The largest absolute Gasteiger partial charge is 0.333 e. The standard InChI is InChI=1S/C23H21F3N4O3S/c1-2-10-30(12-18(31)28-17-9-8-16(24)20(25)21(17)26)19(32)11-15-13-34-23(27-15)29-22(33)14-6-4-3-5-7-14/h3-9,13H,2,10-12H2,1H3,(H,28,31)(H,27,29,33). The molecule has 1 aromatic heterocycles. The number of rotatable bonds is 9. The first kappa shape index (κ1) is 24.9. The molecule has 0 bridgehead atoms. The van der Waals surface area contributed by atoms with Gasteiger partial charge in [0.25, 0.3) is 5.91 Å². The van der Waals surface area contributed by atoms with Crippen LogP contribution < -0.4 is 10.6 Å². The lowest BCUT2D eigenvalue weighted by Crippen LogP contribution is -2.39. The first-order valence-corrected chi connectivity index (χ1v) is 11.2. The third kappa shape index (κ3) is 6.41. The predicted octanol–water partition coefficient (Wildman–Crippen LogP) is 4.23. The van der Waals surface area contributed by atoms with Crippen LogP contribution in [0.4, 0.5) is 24.0 Å². The molecule has 0 atom stereocenters. The molecule has 3 amide bonds. The van der Waals surface area contributed by atoms with Gasteiger partial charge in [0.15, 0.2) is 22.6 Å². The monoisotopic (exact) mass is 490 g/mol. The zero-order valence-electron chi connectivity index (χ0n) is 18.1. The zero-order chi connectivity index (χ0) is 24.7. The van der Waals surface area contributed by atoms with E-state index in [2.05, 4.69) is 15.6 Å². The minimum Gasteiger partial charge on any atom is -0.333 e. The molecule has 1 heterocycles. The van der Waals surface area contributed by atoms with Crippen LogP contribution in [0, 0.1) is 17.5 Å². The van der Waals surface area contributed by atoms with E-state index in [1.54, 1.807) is 35.7 Å². The van der Waals surface area contributed by atoms with E-state index in [1.165, 1.54) is 4.90 Å². The van der Waals surface area contributed by atoms with Gasteiger partial charge < -0.3 is 10.2 Å². The SMILES string of the molecule is CCCN(CC(=O)Nc1ccc(F)c(F)c1F)C(=O)Cc1csc(NC(=O)c2ccccc2)n1. The fourth-order valence-electron chi connectivity index (χ4n) is 3.02. The second-order valence-electron chi connectivity index (χ2n) is 7.23. The van der Waals surface area contributed by atoms with Crippen molar-refractivity contribution in [1.29, 1.82) is 0 Å². The number of carbonyl (C=O) groups is 3. The molecule has 0 saturated carbocycles. The highest BCUT2D eigenvalue weighted by Gasteiger charge is 2.21. The van der Waals surface area contributed by atoms with Gasteiger partial charge in [-0.05, 0) is 30.7 Å². The summed E-state index contributed by atoms with van der Waals surface area (Å²) in [6.07, 6.45) is 0.429. The van der Waals surface area contributed by atoms with Gasteiger partial charge in [0, 0.05) is 17.5 Å². The van der Waals surface area contributed by atoms with Crippen molar-refractivity contribution in [3.05, 3.63) is 76.6 Å². The average Bonchev–Trinajstić information content (AvgIpc) is 3.26. The quantitative estimate of drug-likeness (QED) is 0.439. The lowest BCUT2D eigenvalue weighted by molar-refractivity contribution is -0.134. The van der Waals surface area contributed by atoms with Crippen LogP contribution in [-0.4, -0.2) is 40.7 Å². The van der Waals surface area contributed by atoms with Crippen molar-refractivity contribution in [2.45, 2.75) is 19.8 Å². The Morgan fingerprint density at radius 1 is 1.00 bits per heavy atom. The topological polar surface area (TPSA) is 91.4 Å². The van der Waals surface area contributed by atoms with Gasteiger partial charge in [-0.3, -0.25) is 19.7 Å². The third-order valence-corrected chi connectivity index (χ3v) is 5.44. The number of amides is 3. The van der Waals surface area contributed by atoms with Crippen molar-refractivity contribution < 1.29 is 27.6 Å². The summed E-state index contributed by atoms with van der Waals surface area (Å²) < 4.78 is 40.3. The van der Waals surface area contributed by atoms with Crippen LogP contribution in [0.15, 0.2) is 47.8 Å². The number of nitrogens with zero attached hydrogens (tertiary/aromatic N) is 2. The molecule has 0 unspecified atom stereocenters. The highest BCUT2D eigenvalue weighted by molar-refractivity contribution is 7.14. The fourth-order valence-corrected chi connectivity index (χ4v) is 3.72. The van der Waals surface area contributed by atoms with Crippen molar-refractivity contribution in [1.82, 2.24) is 9.88 Å². The van der Waals surface area contributed by atoms with Gasteiger partial charge in [-0.1, -0.05) is 25.1 Å². The van der Waals surface area contributed by atoms with Crippen molar-refractivity contribution in [3.8, 4) is 0 Å². The van der Waals surface area contributed by atoms with Crippen LogP contribution in [0.5, 0.6) is 0 Å². The Balaban J connectivity index is 1.60. The summed E-state index contributed by atoms with van der Waals surface area (Å²) in [6.45, 7) is 1.65. The van der Waals surface area contributed by atoms with E-state index in [0.29, 0.717) is 28.9 Å². The summed E-state index contributed by atoms with van der Waals surface area (Å²) in [6, 6.07) is 10.2. The van der Waals surface area contributed by atoms with Crippen LogP contribution >= 0.6 is 11.3 Å². The Labute approximate surface area is 197 Å². The Morgan fingerprint density at radius 3 is 2.44 bits per heavy atom. The van der Waals surface area contributed by atoms with Gasteiger partial charge in [0.05, 0.1) is 24.3 Å². The van der Waals surface area contributed by atoms with Gasteiger partial charge in [0.1, 0.15) is 0 Å². The second-order valence-corrected chi connectivity index (χ2v) is 8.09. The van der Waals surface area contributed by atoms with Crippen molar-refractivity contribution in [2.24, 2.45) is 0 Å². The van der Waals surface area contributed by atoms with E-state index >= 15 is 0 Å². The number of carbonyl (C=O) groups excluding carboxylic acids is 3. The van der Waals surface area contributed by atoms with E-state index in [1.807, 2.05) is 6.92 Å². The number of thiazole rings is 1. The van der Waals surface area contributed by atoms with Gasteiger partial charge in [-0.2, -0.15) is 0 Å². The van der Waals surface area contributed by atoms with Crippen LogP contribution in [-0.2, 0) is 16.0 Å². The van der Waals surface area contributed by atoms with Crippen molar-refractivity contribution >= 4 is 39.9 Å². The second kappa shape index (κ2) is 11.4. The number of aromatic nitrogens is 1. The van der Waals surface area contributed by atoms with E-state index < -0.39 is 41.5 Å². The minimum atomic E-state index is -1.70. The molecule has 3 rings (SSSR count). The number of nitrogens with one attached hydrogen (secondary N) is 2. The van der Waals surface area contributed by atoms with E-state index in [9.17, 15) is 27.6 Å². The summed E-state index contributed by atoms with van der Waals surface area (Å²) in [5.74, 6) is -6.09. The van der Waals surface area contributed by atoms with Gasteiger partial charge in [0.2, 0.25) is 11.8 Å². The van der Waals surface area contributed by atoms with E-state index in [0.717, 1.165) is 17.4 Å². The maximum atomic E-state index is 13.8. The molecule has 178 valence electrons. The predicted molar refractivity (Wildman–Crippen MR) is 122 cm³/mol. The molecule has 2 N–H and O–H groups in total. The molecule has 3 aromatic rings.